The molecule has 0 aromatic heterocycles. The molecule has 3 N–H and O–H groups in total. The molecule has 174 valence electrons. The number of amides is 1. The maximum atomic E-state index is 12.2. The van der Waals surface area contributed by atoms with Crippen LogP contribution in [-0.2, 0) is 13.1 Å². The fourth-order valence-corrected chi connectivity index (χ4v) is 3.86. The molecule has 8 heteroatoms. The summed E-state index contributed by atoms with van der Waals surface area (Å²) in [5.41, 5.74) is 3.05. The molecular formula is C24H33ClIN5O. The topological polar surface area (TPSA) is 68.8 Å². The molecule has 1 amide bonds. The first kappa shape index (κ1) is 26.4. The average Bonchev–Trinajstić information content (AvgIpc) is 2.80. The van der Waals surface area contributed by atoms with Crippen molar-refractivity contribution in [3.63, 3.8) is 0 Å². The third kappa shape index (κ3) is 8.60. The van der Waals surface area contributed by atoms with E-state index in [1.54, 1.807) is 31.3 Å². The molecule has 6 nitrogen and oxygen atoms in total. The van der Waals surface area contributed by atoms with Crippen LogP contribution in [0.2, 0.25) is 5.02 Å². The molecular weight excluding hydrogens is 537 g/mol. The fraction of sp³-hybridized carbons (Fsp3) is 0.417. The summed E-state index contributed by atoms with van der Waals surface area (Å²) in [5.74, 6) is 0.518. The van der Waals surface area contributed by atoms with Gasteiger partial charge in [0, 0.05) is 33.2 Å². The molecule has 0 saturated carbocycles. The largest absolute Gasteiger partial charge is 0.355 e. The van der Waals surface area contributed by atoms with Crippen molar-refractivity contribution < 1.29 is 4.79 Å². The second-order valence-electron chi connectivity index (χ2n) is 7.74. The lowest BCUT2D eigenvalue weighted by molar-refractivity contribution is 0.0954. The predicted octanol–water partition coefficient (Wildman–Crippen LogP) is 4.04. The van der Waals surface area contributed by atoms with Crippen LogP contribution in [0.15, 0.2) is 53.5 Å². The van der Waals surface area contributed by atoms with Gasteiger partial charge < -0.3 is 16.0 Å². The SMILES string of the molecule is CN=C(NCCNC(=O)c1ccccc1Cl)NCc1ccc(CN2CCCCC2)cc1.I. The van der Waals surface area contributed by atoms with E-state index in [1.807, 2.05) is 0 Å². The number of hydrogen-bond acceptors (Lipinski definition) is 3. The lowest BCUT2D eigenvalue weighted by Gasteiger charge is -2.26. The maximum Gasteiger partial charge on any atom is 0.252 e. The Labute approximate surface area is 213 Å². The molecule has 1 fully saturated rings. The van der Waals surface area contributed by atoms with E-state index >= 15 is 0 Å². The van der Waals surface area contributed by atoms with Gasteiger partial charge in [0.1, 0.15) is 0 Å². The van der Waals surface area contributed by atoms with E-state index in [0.717, 1.165) is 6.54 Å². The van der Waals surface area contributed by atoms with Crippen LogP contribution in [0.4, 0.5) is 0 Å². The fourth-order valence-electron chi connectivity index (χ4n) is 3.64. The lowest BCUT2D eigenvalue weighted by Crippen LogP contribution is -2.41. The van der Waals surface area contributed by atoms with Crippen LogP contribution in [-0.4, -0.2) is 50.0 Å². The number of rotatable bonds is 8. The minimum Gasteiger partial charge on any atom is -0.355 e. The summed E-state index contributed by atoms with van der Waals surface area (Å²) in [6.07, 6.45) is 4.00. The van der Waals surface area contributed by atoms with Gasteiger partial charge in [0.15, 0.2) is 5.96 Å². The first-order valence-corrected chi connectivity index (χ1v) is 11.3. The molecule has 1 aliphatic heterocycles. The van der Waals surface area contributed by atoms with Gasteiger partial charge in [0.2, 0.25) is 0 Å². The Kier molecular flexibility index (Phi) is 11.8. The van der Waals surface area contributed by atoms with E-state index in [1.165, 1.54) is 43.5 Å². The van der Waals surface area contributed by atoms with Crippen LogP contribution in [0.25, 0.3) is 0 Å². The Bertz CT molecular complexity index is 869. The van der Waals surface area contributed by atoms with Gasteiger partial charge in [0.25, 0.3) is 5.91 Å². The smallest absolute Gasteiger partial charge is 0.252 e. The molecule has 1 saturated heterocycles. The van der Waals surface area contributed by atoms with Crippen molar-refractivity contribution in [1.82, 2.24) is 20.9 Å². The monoisotopic (exact) mass is 569 g/mol. The number of guanidine groups is 1. The second-order valence-corrected chi connectivity index (χ2v) is 8.15. The van der Waals surface area contributed by atoms with Crippen LogP contribution < -0.4 is 16.0 Å². The van der Waals surface area contributed by atoms with Crippen LogP contribution in [0.1, 0.15) is 40.7 Å². The number of aliphatic imine (C=N–C) groups is 1. The summed E-state index contributed by atoms with van der Waals surface area (Å²) < 4.78 is 0. The van der Waals surface area contributed by atoms with Crippen LogP contribution in [0, 0.1) is 0 Å². The highest BCUT2D eigenvalue weighted by Crippen LogP contribution is 2.15. The van der Waals surface area contributed by atoms with Gasteiger partial charge in [-0.05, 0) is 49.2 Å². The molecule has 0 aliphatic carbocycles. The van der Waals surface area contributed by atoms with Crippen molar-refractivity contribution >= 4 is 47.4 Å². The summed E-state index contributed by atoms with van der Waals surface area (Å²) in [7, 11) is 1.74. The standard InChI is InChI=1S/C24H32ClN5O.HI/c1-26-24(28-14-13-27-23(31)21-7-3-4-8-22(21)25)29-17-19-9-11-20(12-10-19)18-30-15-5-2-6-16-30;/h3-4,7-12H,2,5-6,13-18H2,1H3,(H,27,31)(H2,26,28,29);1H. The third-order valence-electron chi connectivity index (χ3n) is 5.38. The molecule has 0 unspecified atom stereocenters. The van der Waals surface area contributed by atoms with Crippen molar-refractivity contribution in [2.45, 2.75) is 32.4 Å². The normalized spacial score (nSPS) is 14.4. The summed E-state index contributed by atoms with van der Waals surface area (Å²) in [4.78, 5) is 18.9. The van der Waals surface area contributed by atoms with Gasteiger partial charge in [0.05, 0.1) is 10.6 Å². The minimum atomic E-state index is -0.181. The molecule has 32 heavy (non-hydrogen) atoms. The van der Waals surface area contributed by atoms with Crippen LogP contribution in [0.5, 0.6) is 0 Å². The van der Waals surface area contributed by atoms with Gasteiger partial charge in [-0.3, -0.25) is 14.7 Å². The van der Waals surface area contributed by atoms with Gasteiger partial charge in [-0.15, -0.1) is 24.0 Å². The van der Waals surface area contributed by atoms with Crippen molar-refractivity contribution in [3.05, 3.63) is 70.2 Å². The molecule has 0 radical (unpaired) electrons. The van der Waals surface area contributed by atoms with Gasteiger partial charge in [-0.2, -0.15) is 0 Å². The predicted molar refractivity (Wildman–Crippen MR) is 143 cm³/mol. The zero-order valence-electron chi connectivity index (χ0n) is 18.6. The Morgan fingerprint density at radius 3 is 2.28 bits per heavy atom. The maximum absolute atomic E-state index is 12.2. The highest BCUT2D eigenvalue weighted by Gasteiger charge is 2.10. The Morgan fingerprint density at radius 2 is 1.59 bits per heavy atom. The van der Waals surface area contributed by atoms with Crippen molar-refractivity contribution in [1.29, 1.82) is 0 Å². The molecule has 3 rings (SSSR count). The number of nitrogens with zero attached hydrogens (tertiary/aromatic N) is 2. The second kappa shape index (κ2) is 14.3. The van der Waals surface area contributed by atoms with E-state index in [2.05, 4.69) is 50.1 Å². The molecule has 1 heterocycles. The van der Waals surface area contributed by atoms with Crippen LogP contribution >= 0.6 is 35.6 Å². The van der Waals surface area contributed by atoms with Crippen molar-refractivity contribution in [3.8, 4) is 0 Å². The summed E-state index contributed by atoms with van der Waals surface area (Å²) >= 11 is 6.05. The zero-order chi connectivity index (χ0) is 21.9. The summed E-state index contributed by atoms with van der Waals surface area (Å²) in [6.45, 7) is 5.18. The van der Waals surface area contributed by atoms with E-state index in [9.17, 15) is 4.79 Å². The van der Waals surface area contributed by atoms with E-state index < -0.39 is 0 Å². The Morgan fingerprint density at radius 1 is 0.938 bits per heavy atom. The Balaban J connectivity index is 0.00000363. The van der Waals surface area contributed by atoms with Gasteiger partial charge in [-0.1, -0.05) is 54.4 Å². The number of halogens is 2. The van der Waals surface area contributed by atoms with E-state index in [-0.39, 0.29) is 29.9 Å². The lowest BCUT2D eigenvalue weighted by atomic mass is 10.1. The Hall–Kier alpha value is -1.84. The summed E-state index contributed by atoms with van der Waals surface area (Å²) in [5, 5.41) is 9.83. The van der Waals surface area contributed by atoms with Crippen molar-refractivity contribution in [2.75, 3.05) is 33.2 Å². The number of benzene rings is 2. The molecule has 1 aliphatic rings. The number of carbonyl (C=O) groups excluding carboxylic acids is 1. The molecule has 0 bridgehead atoms. The number of likely N-dealkylation sites (tertiary alicyclic amines) is 1. The molecule has 2 aromatic carbocycles. The highest BCUT2D eigenvalue weighted by molar-refractivity contribution is 14.0. The number of hydrogen-bond donors (Lipinski definition) is 3. The first-order valence-electron chi connectivity index (χ1n) is 10.9. The molecule has 0 atom stereocenters. The number of carbonyl (C=O) groups is 1. The number of nitrogens with one attached hydrogen (secondary N) is 3. The highest BCUT2D eigenvalue weighted by atomic mass is 127. The van der Waals surface area contributed by atoms with Crippen LogP contribution in [0.3, 0.4) is 0 Å². The number of piperidine rings is 1. The third-order valence-corrected chi connectivity index (χ3v) is 5.71. The minimum absolute atomic E-state index is 0. The van der Waals surface area contributed by atoms with Gasteiger partial charge in [-0.25, -0.2) is 0 Å². The zero-order valence-corrected chi connectivity index (χ0v) is 21.7. The molecule has 2 aromatic rings. The first-order chi connectivity index (χ1) is 15.2. The molecule has 0 spiro atoms. The summed E-state index contributed by atoms with van der Waals surface area (Å²) in [6, 6.07) is 15.8. The van der Waals surface area contributed by atoms with Gasteiger partial charge >= 0.3 is 0 Å². The van der Waals surface area contributed by atoms with E-state index in [4.69, 9.17) is 11.6 Å². The van der Waals surface area contributed by atoms with Crippen molar-refractivity contribution in [2.24, 2.45) is 4.99 Å². The average molecular weight is 570 g/mol. The quantitative estimate of drug-likeness (QED) is 0.194. The van der Waals surface area contributed by atoms with E-state index in [0.29, 0.717) is 36.2 Å².